The molecular formula is C17H19N3O2. The summed E-state index contributed by atoms with van der Waals surface area (Å²) in [7, 11) is 0. The van der Waals surface area contributed by atoms with Crippen molar-refractivity contribution in [2.45, 2.75) is 25.3 Å². The van der Waals surface area contributed by atoms with Gasteiger partial charge < -0.3 is 15.2 Å². The first-order valence-corrected chi connectivity index (χ1v) is 7.49. The SMILES string of the molecule is O=C(Cc1ccc(-n2cccc2)cc1)NCC(=O)NC1CC1. The molecule has 1 aliphatic rings. The number of nitrogens with zero attached hydrogens (tertiary/aromatic N) is 1. The summed E-state index contributed by atoms with van der Waals surface area (Å²) in [5.41, 5.74) is 1.98. The molecular weight excluding hydrogens is 278 g/mol. The zero-order chi connectivity index (χ0) is 15.4. The van der Waals surface area contributed by atoms with E-state index in [9.17, 15) is 9.59 Å². The standard InChI is InChI=1S/C17H19N3O2/c21-16(18-12-17(22)19-14-5-6-14)11-13-3-7-15(8-4-13)20-9-1-2-10-20/h1-4,7-10,14H,5-6,11-12H2,(H,18,21)(H,19,22). The predicted molar refractivity (Wildman–Crippen MR) is 83.6 cm³/mol. The molecule has 1 fully saturated rings. The zero-order valence-electron chi connectivity index (χ0n) is 12.3. The van der Waals surface area contributed by atoms with Crippen molar-refractivity contribution >= 4 is 11.8 Å². The lowest BCUT2D eigenvalue weighted by molar-refractivity contribution is -0.125. The first-order chi connectivity index (χ1) is 10.7. The molecule has 2 amide bonds. The second-order valence-electron chi connectivity index (χ2n) is 5.55. The molecule has 5 nitrogen and oxygen atoms in total. The van der Waals surface area contributed by atoms with Crippen LogP contribution in [0, 0.1) is 0 Å². The van der Waals surface area contributed by atoms with Gasteiger partial charge in [-0.25, -0.2) is 0 Å². The van der Waals surface area contributed by atoms with Crippen molar-refractivity contribution in [3.8, 4) is 5.69 Å². The van der Waals surface area contributed by atoms with Crippen LogP contribution in [0.4, 0.5) is 0 Å². The van der Waals surface area contributed by atoms with Crippen LogP contribution in [0.25, 0.3) is 5.69 Å². The molecule has 0 saturated heterocycles. The highest BCUT2D eigenvalue weighted by Crippen LogP contribution is 2.18. The van der Waals surface area contributed by atoms with Crippen LogP contribution in [0.3, 0.4) is 0 Å². The number of carbonyl (C=O) groups excluding carboxylic acids is 2. The number of rotatable bonds is 6. The highest BCUT2D eigenvalue weighted by atomic mass is 16.2. The molecule has 0 spiro atoms. The highest BCUT2D eigenvalue weighted by molar-refractivity contribution is 5.85. The molecule has 3 rings (SSSR count). The molecule has 0 bridgehead atoms. The van der Waals surface area contributed by atoms with Gasteiger partial charge >= 0.3 is 0 Å². The third-order valence-corrected chi connectivity index (χ3v) is 3.59. The summed E-state index contributed by atoms with van der Waals surface area (Å²) in [5.74, 6) is -0.251. The van der Waals surface area contributed by atoms with Gasteiger partial charge in [0.1, 0.15) is 0 Å². The van der Waals surface area contributed by atoms with Crippen molar-refractivity contribution in [3.63, 3.8) is 0 Å². The van der Waals surface area contributed by atoms with Crippen LogP contribution < -0.4 is 10.6 Å². The van der Waals surface area contributed by atoms with Gasteiger partial charge in [0.05, 0.1) is 13.0 Å². The molecule has 1 aliphatic carbocycles. The van der Waals surface area contributed by atoms with E-state index in [-0.39, 0.29) is 24.8 Å². The molecule has 0 radical (unpaired) electrons. The maximum absolute atomic E-state index is 11.8. The summed E-state index contributed by atoms with van der Waals surface area (Å²) < 4.78 is 2.01. The Balaban J connectivity index is 1.47. The lowest BCUT2D eigenvalue weighted by atomic mass is 10.1. The van der Waals surface area contributed by atoms with Crippen molar-refractivity contribution < 1.29 is 9.59 Å². The van der Waals surface area contributed by atoms with Crippen molar-refractivity contribution in [2.75, 3.05) is 6.54 Å². The van der Waals surface area contributed by atoms with Crippen LogP contribution in [0.2, 0.25) is 0 Å². The van der Waals surface area contributed by atoms with E-state index >= 15 is 0 Å². The molecule has 1 aromatic carbocycles. The molecule has 2 N–H and O–H groups in total. The third kappa shape index (κ3) is 3.97. The van der Waals surface area contributed by atoms with Gasteiger partial charge in [-0.1, -0.05) is 12.1 Å². The van der Waals surface area contributed by atoms with Crippen LogP contribution in [0.5, 0.6) is 0 Å². The quantitative estimate of drug-likeness (QED) is 0.847. The first-order valence-electron chi connectivity index (χ1n) is 7.49. The Morgan fingerprint density at radius 1 is 1.05 bits per heavy atom. The van der Waals surface area contributed by atoms with Crippen molar-refractivity contribution in [1.82, 2.24) is 15.2 Å². The zero-order valence-corrected chi connectivity index (χ0v) is 12.3. The number of carbonyl (C=O) groups is 2. The van der Waals surface area contributed by atoms with Gasteiger partial charge in [0.25, 0.3) is 0 Å². The fraction of sp³-hybridized carbons (Fsp3) is 0.294. The molecule has 5 heteroatoms. The Morgan fingerprint density at radius 2 is 1.73 bits per heavy atom. The monoisotopic (exact) mass is 297 g/mol. The summed E-state index contributed by atoms with van der Waals surface area (Å²) in [6.45, 7) is 0.0524. The molecule has 22 heavy (non-hydrogen) atoms. The molecule has 1 saturated carbocycles. The predicted octanol–water partition coefficient (Wildman–Crippen LogP) is 1.41. The number of aromatic nitrogens is 1. The maximum atomic E-state index is 11.8. The molecule has 1 aromatic heterocycles. The van der Waals surface area contributed by atoms with Crippen LogP contribution in [-0.2, 0) is 16.0 Å². The van der Waals surface area contributed by atoms with E-state index in [2.05, 4.69) is 10.6 Å². The Bertz CT molecular complexity index is 643. The largest absolute Gasteiger partial charge is 0.352 e. The Kier molecular flexibility index (Phi) is 4.23. The summed E-state index contributed by atoms with van der Waals surface area (Å²) >= 11 is 0. The normalized spacial score (nSPS) is 13.6. The van der Waals surface area contributed by atoms with Gasteiger partial charge in [-0.15, -0.1) is 0 Å². The second-order valence-corrected chi connectivity index (χ2v) is 5.55. The van der Waals surface area contributed by atoms with Crippen LogP contribution in [0.1, 0.15) is 18.4 Å². The summed E-state index contributed by atoms with van der Waals surface area (Å²) in [6.07, 6.45) is 6.32. The van der Waals surface area contributed by atoms with Crippen molar-refractivity contribution in [2.24, 2.45) is 0 Å². The molecule has 1 heterocycles. The minimum Gasteiger partial charge on any atom is -0.352 e. The Hall–Kier alpha value is -2.56. The third-order valence-electron chi connectivity index (χ3n) is 3.59. The smallest absolute Gasteiger partial charge is 0.239 e. The van der Waals surface area contributed by atoms with E-state index in [4.69, 9.17) is 0 Å². The minimum absolute atomic E-state index is 0.0524. The Labute approximate surface area is 129 Å². The fourth-order valence-corrected chi connectivity index (χ4v) is 2.23. The topological polar surface area (TPSA) is 63.1 Å². The maximum Gasteiger partial charge on any atom is 0.239 e. The van der Waals surface area contributed by atoms with Gasteiger partial charge in [-0.3, -0.25) is 9.59 Å². The van der Waals surface area contributed by atoms with E-state index in [1.54, 1.807) is 0 Å². The fourth-order valence-electron chi connectivity index (χ4n) is 2.23. The van der Waals surface area contributed by atoms with Gasteiger partial charge in [-0.2, -0.15) is 0 Å². The number of hydrogen-bond acceptors (Lipinski definition) is 2. The van der Waals surface area contributed by atoms with Crippen LogP contribution in [-0.4, -0.2) is 29.0 Å². The Morgan fingerprint density at radius 3 is 2.36 bits per heavy atom. The van der Waals surface area contributed by atoms with E-state index in [1.807, 2.05) is 53.4 Å². The molecule has 0 aliphatic heterocycles. The molecule has 114 valence electrons. The first kappa shape index (κ1) is 14.4. The van der Waals surface area contributed by atoms with E-state index < -0.39 is 0 Å². The lowest BCUT2D eigenvalue weighted by Gasteiger charge is -2.07. The molecule has 0 unspecified atom stereocenters. The number of nitrogens with one attached hydrogen (secondary N) is 2. The van der Waals surface area contributed by atoms with E-state index in [0.29, 0.717) is 6.04 Å². The molecule has 0 atom stereocenters. The summed E-state index contributed by atoms with van der Waals surface area (Å²) in [4.78, 5) is 23.3. The highest BCUT2D eigenvalue weighted by Gasteiger charge is 2.23. The lowest BCUT2D eigenvalue weighted by Crippen LogP contribution is -2.38. The van der Waals surface area contributed by atoms with Crippen LogP contribution in [0.15, 0.2) is 48.8 Å². The van der Waals surface area contributed by atoms with Gasteiger partial charge in [-0.05, 0) is 42.7 Å². The number of hydrogen-bond donors (Lipinski definition) is 2. The van der Waals surface area contributed by atoms with Crippen LogP contribution >= 0.6 is 0 Å². The summed E-state index contributed by atoms with van der Waals surface area (Å²) in [5, 5.41) is 5.49. The van der Waals surface area contributed by atoms with Gasteiger partial charge in [0, 0.05) is 24.1 Å². The second kappa shape index (κ2) is 6.47. The minimum atomic E-state index is -0.139. The van der Waals surface area contributed by atoms with Gasteiger partial charge in [0.15, 0.2) is 0 Å². The van der Waals surface area contributed by atoms with Crippen molar-refractivity contribution in [1.29, 1.82) is 0 Å². The average molecular weight is 297 g/mol. The van der Waals surface area contributed by atoms with E-state index in [0.717, 1.165) is 24.1 Å². The van der Waals surface area contributed by atoms with Gasteiger partial charge in [0.2, 0.25) is 11.8 Å². The van der Waals surface area contributed by atoms with E-state index in [1.165, 1.54) is 0 Å². The average Bonchev–Trinajstić information content (AvgIpc) is 3.15. The molecule has 2 aromatic rings. The van der Waals surface area contributed by atoms with Crippen molar-refractivity contribution in [3.05, 3.63) is 54.4 Å². The number of amides is 2. The number of benzene rings is 1. The summed E-state index contributed by atoms with van der Waals surface area (Å²) in [6, 6.07) is 12.1.